The van der Waals surface area contributed by atoms with Crippen molar-refractivity contribution in [2.75, 3.05) is 27.2 Å². The summed E-state index contributed by atoms with van der Waals surface area (Å²) in [5, 5.41) is 2.99. The van der Waals surface area contributed by atoms with Gasteiger partial charge in [-0.05, 0) is 39.7 Å². The summed E-state index contributed by atoms with van der Waals surface area (Å²) >= 11 is 3.22. The van der Waals surface area contributed by atoms with Crippen LogP contribution < -0.4 is 15.0 Å². The summed E-state index contributed by atoms with van der Waals surface area (Å²) in [7, 11) is 4.07. The van der Waals surface area contributed by atoms with Gasteiger partial charge in [0.15, 0.2) is 6.61 Å². The van der Waals surface area contributed by atoms with Crippen molar-refractivity contribution in [3.05, 3.63) is 64.4 Å². The summed E-state index contributed by atoms with van der Waals surface area (Å²) in [5.74, 6) is -0.154. The highest BCUT2D eigenvalue weighted by atomic mass is 79.9. The van der Waals surface area contributed by atoms with Crippen LogP contribution in [0.25, 0.3) is 0 Å². The van der Waals surface area contributed by atoms with Gasteiger partial charge in [-0.1, -0.05) is 30.3 Å². The Bertz CT molecular complexity index is 680. The molecule has 4 nitrogen and oxygen atoms in total. The number of likely N-dealkylation sites (N-methyl/N-ethyl adjacent to an activating group) is 1. The number of rotatable bonds is 7. The molecule has 0 aliphatic rings. The molecular weight excluding hydrogens is 375 g/mol. The van der Waals surface area contributed by atoms with E-state index in [1.54, 1.807) is 0 Å². The summed E-state index contributed by atoms with van der Waals surface area (Å²) in [5.41, 5.74) is 1.05. The fraction of sp³-hybridized carbons (Fsp3) is 0.278. The number of quaternary nitrogens is 1. The van der Waals surface area contributed by atoms with E-state index < -0.39 is 0 Å². The second-order valence-electron chi connectivity index (χ2n) is 5.81. The summed E-state index contributed by atoms with van der Waals surface area (Å²) in [4.78, 5) is 13.5. The average Bonchev–Trinajstić information content (AvgIpc) is 2.54. The number of ether oxygens (including phenoxy) is 1. The molecule has 0 unspecified atom stereocenters. The van der Waals surface area contributed by atoms with E-state index >= 15 is 0 Å². The average molecular weight is 396 g/mol. The van der Waals surface area contributed by atoms with Crippen LogP contribution in [0.2, 0.25) is 0 Å². The number of nitrogens with one attached hydrogen (secondary N) is 2. The van der Waals surface area contributed by atoms with Gasteiger partial charge in [0.05, 0.1) is 18.6 Å². The van der Waals surface area contributed by atoms with Crippen molar-refractivity contribution in [2.45, 2.75) is 6.04 Å². The summed E-state index contributed by atoms with van der Waals surface area (Å²) < 4.78 is 19.0. The highest BCUT2D eigenvalue weighted by molar-refractivity contribution is 9.10. The lowest BCUT2D eigenvalue weighted by Crippen LogP contribution is -3.06. The predicted octanol–water partition coefficient (Wildman–Crippen LogP) is 1.97. The number of carbonyl (C=O) groups excluding carboxylic acids is 1. The Morgan fingerprint density at radius 2 is 1.96 bits per heavy atom. The number of carbonyl (C=O) groups is 1. The van der Waals surface area contributed by atoms with E-state index in [-0.39, 0.29) is 24.4 Å². The Balaban J connectivity index is 1.97. The number of hydrogen-bond donors (Lipinski definition) is 2. The third-order valence-electron chi connectivity index (χ3n) is 3.40. The maximum Gasteiger partial charge on any atom is 0.258 e. The normalized spacial score (nSPS) is 12.0. The topological polar surface area (TPSA) is 42.8 Å². The van der Waals surface area contributed by atoms with Crippen molar-refractivity contribution in [2.24, 2.45) is 0 Å². The molecule has 128 valence electrons. The van der Waals surface area contributed by atoms with Gasteiger partial charge in [0.1, 0.15) is 24.2 Å². The molecule has 2 rings (SSSR count). The minimum atomic E-state index is -0.364. The van der Waals surface area contributed by atoms with Gasteiger partial charge in [-0.15, -0.1) is 0 Å². The molecule has 0 bridgehead atoms. The molecule has 1 atom stereocenters. The largest absolute Gasteiger partial charge is 0.483 e. The Labute approximate surface area is 149 Å². The van der Waals surface area contributed by atoms with Gasteiger partial charge in [0, 0.05) is 0 Å². The maximum absolute atomic E-state index is 13.1. The maximum atomic E-state index is 13.1. The first-order chi connectivity index (χ1) is 11.5. The zero-order valence-electron chi connectivity index (χ0n) is 13.7. The quantitative estimate of drug-likeness (QED) is 0.752. The molecule has 2 N–H and O–H groups in total. The Hall–Kier alpha value is -1.92. The molecule has 0 saturated carbocycles. The van der Waals surface area contributed by atoms with E-state index in [1.807, 2.05) is 44.4 Å². The molecule has 0 spiro atoms. The van der Waals surface area contributed by atoms with Gasteiger partial charge in [0.2, 0.25) is 0 Å². The van der Waals surface area contributed by atoms with Gasteiger partial charge in [-0.2, -0.15) is 0 Å². The molecule has 6 heteroatoms. The molecule has 0 saturated heterocycles. The molecular formula is C18H21BrFN2O2+. The van der Waals surface area contributed by atoms with Crippen LogP contribution in [0, 0.1) is 5.82 Å². The van der Waals surface area contributed by atoms with Crippen LogP contribution >= 0.6 is 15.9 Å². The lowest BCUT2D eigenvalue weighted by Gasteiger charge is -2.21. The van der Waals surface area contributed by atoms with Crippen LogP contribution in [0.5, 0.6) is 5.75 Å². The molecule has 2 aromatic carbocycles. The molecule has 24 heavy (non-hydrogen) atoms. The van der Waals surface area contributed by atoms with Gasteiger partial charge in [0.25, 0.3) is 5.91 Å². The van der Waals surface area contributed by atoms with Crippen molar-refractivity contribution < 1.29 is 18.8 Å². The minimum absolute atomic E-state index is 0.0936. The highest BCUT2D eigenvalue weighted by Gasteiger charge is 2.18. The molecule has 0 aliphatic carbocycles. The van der Waals surface area contributed by atoms with Gasteiger partial charge in [-0.25, -0.2) is 4.39 Å². The smallest absolute Gasteiger partial charge is 0.258 e. The molecule has 1 amide bonds. The number of amides is 1. The van der Waals surface area contributed by atoms with Crippen LogP contribution in [-0.4, -0.2) is 33.2 Å². The summed E-state index contributed by atoms with van der Waals surface area (Å²) in [6.45, 7) is 0.631. The lowest BCUT2D eigenvalue weighted by atomic mass is 10.1. The first-order valence-electron chi connectivity index (χ1n) is 7.67. The first kappa shape index (κ1) is 18.4. The zero-order chi connectivity index (χ0) is 17.5. The molecule has 0 fully saturated rings. The number of halogens is 2. The Morgan fingerprint density at radius 3 is 2.58 bits per heavy atom. The summed E-state index contributed by atoms with van der Waals surface area (Å²) in [6, 6.07) is 13.8. The van der Waals surface area contributed by atoms with Crippen LogP contribution in [0.1, 0.15) is 11.6 Å². The van der Waals surface area contributed by atoms with E-state index in [2.05, 4.69) is 21.2 Å². The van der Waals surface area contributed by atoms with Crippen molar-refractivity contribution in [3.63, 3.8) is 0 Å². The molecule has 2 aromatic rings. The SMILES string of the molecule is C[NH+](C)C[C@@H](NC(=O)COc1ccc(F)cc1Br)c1ccccc1. The molecule has 0 heterocycles. The second kappa shape index (κ2) is 8.80. The van der Waals surface area contributed by atoms with Crippen LogP contribution in [0.15, 0.2) is 53.0 Å². The third kappa shape index (κ3) is 5.62. The monoisotopic (exact) mass is 395 g/mol. The van der Waals surface area contributed by atoms with E-state index in [9.17, 15) is 9.18 Å². The molecule has 0 aliphatic heterocycles. The molecule has 0 radical (unpaired) electrons. The fourth-order valence-electron chi connectivity index (χ4n) is 2.32. The first-order valence-corrected chi connectivity index (χ1v) is 8.46. The van der Waals surface area contributed by atoms with Crippen LogP contribution in [-0.2, 0) is 4.79 Å². The zero-order valence-corrected chi connectivity index (χ0v) is 15.3. The van der Waals surface area contributed by atoms with Gasteiger partial charge < -0.3 is 15.0 Å². The minimum Gasteiger partial charge on any atom is -0.483 e. The van der Waals surface area contributed by atoms with Crippen molar-refractivity contribution >= 4 is 21.8 Å². The fourth-order valence-corrected chi connectivity index (χ4v) is 2.78. The van der Waals surface area contributed by atoms with Crippen molar-refractivity contribution in [1.82, 2.24) is 5.32 Å². The van der Waals surface area contributed by atoms with Crippen molar-refractivity contribution in [3.8, 4) is 5.75 Å². The van der Waals surface area contributed by atoms with Gasteiger partial charge >= 0.3 is 0 Å². The van der Waals surface area contributed by atoms with Crippen molar-refractivity contribution in [1.29, 1.82) is 0 Å². The van der Waals surface area contributed by atoms with Crippen LogP contribution in [0.4, 0.5) is 4.39 Å². The number of benzene rings is 2. The lowest BCUT2D eigenvalue weighted by molar-refractivity contribution is -0.860. The van der Waals surface area contributed by atoms with E-state index in [0.29, 0.717) is 10.2 Å². The van der Waals surface area contributed by atoms with E-state index in [0.717, 1.165) is 12.1 Å². The molecule has 0 aromatic heterocycles. The predicted molar refractivity (Wildman–Crippen MR) is 94.6 cm³/mol. The van der Waals surface area contributed by atoms with Gasteiger partial charge in [-0.3, -0.25) is 4.79 Å². The summed E-state index contributed by atoms with van der Waals surface area (Å²) in [6.07, 6.45) is 0. The highest BCUT2D eigenvalue weighted by Crippen LogP contribution is 2.25. The van der Waals surface area contributed by atoms with E-state index in [4.69, 9.17) is 4.74 Å². The van der Waals surface area contributed by atoms with Crippen LogP contribution in [0.3, 0.4) is 0 Å². The Kier molecular flexibility index (Phi) is 6.75. The number of hydrogen-bond acceptors (Lipinski definition) is 2. The third-order valence-corrected chi connectivity index (χ3v) is 4.02. The van der Waals surface area contributed by atoms with E-state index in [1.165, 1.54) is 23.1 Å². The second-order valence-corrected chi connectivity index (χ2v) is 6.66. The Morgan fingerprint density at radius 1 is 1.25 bits per heavy atom. The standard InChI is InChI=1S/C18H20BrFN2O2/c1-22(2)11-16(13-6-4-3-5-7-13)21-18(23)12-24-17-9-8-14(20)10-15(17)19/h3-10,16H,11-12H2,1-2H3,(H,21,23)/p+1/t16-/m1/s1.